The van der Waals surface area contributed by atoms with Crippen LogP contribution in [0.4, 0.5) is 0 Å². The summed E-state index contributed by atoms with van der Waals surface area (Å²) < 4.78 is 0. The van der Waals surface area contributed by atoms with Crippen LogP contribution in [0, 0.1) is 5.92 Å². The summed E-state index contributed by atoms with van der Waals surface area (Å²) >= 11 is 0. The van der Waals surface area contributed by atoms with E-state index in [4.69, 9.17) is 10.2 Å². The molecule has 1 atom stereocenters. The Morgan fingerprint density at radius 3 is 2.00 bits per heavy atom. The molecule has 0 bridgehead atoms. The summed E-state index contributed by atoms with van der Waals surface area (Å²) in [6.07, 6.45) is 13.7. The molecule has 5 heteroatoms. The van der Waals surface area contributed by atoms with Gasteiger partial charge in [0.25, 0.3) is 0 Å². The molecule has 0 spiro atoms. The molecule has 0 radical (unpaired) electrons. The largest absolute Gasteiger partial charge is 1.00 e. The van der Waals surface area contributed by atoms with E-state index in [-0.39, 0.29) is 59.2 Å². The van der Waals surface area contributed by atoms with Gasteiger partial charge in [-0.1, -0.05) is 64.0 Å². The minimum Gasteiger partial charge on any atom is -1.00 e. The summed E-state index contributed by atoms with van der Waals surface area (Å²) in [4.78, 5) is 21.3. The van der Waals surface area contributed by atoms with E-state index in [1.807, 2.05) is 0 Å². The standard InChI is InChI=1S/C16H28O4.K.H/c1-2-3-4-5-6-7-8-9-10-11-12-14(16(19)20)13-15(17)18;;/h11-12,14H,2-10,13H2,1H3,(H,17,18)(H,19,20);;/q;+1;-1. The molecule has 4 nitrogen and oxygen atoms in total. The molecule has 2 N–H and O–H groups in total. The summed E-state index contributed by atoms with van der Waals surface area (Å²) in [6, 6.07) is 0. The van der Waals surface area contributed by atoms with Crippen molar-refractivity contribution in [1.82, 2.24) is 0 Å². The molecule has 0 aliphatic carbocycles. The summed E-state index contributed by atoms with van der Waals surface area (Å²) in [5, 5.41) is 17.4. The zero-order valence-electron chi connectivity index (χ0n) is 14.5. The molecule has 0 aliphatic rings. The molecule has 0 fully saturated rings. The second kappa shape index (κ2) is 16.7. The molecule has 0 saturated carbocycles. The molecule has 0 aromatic heterocycles. The van der Waals surface area contributed by atoms with Gasteiger partial charge in [-0.2, -0.15) is 0 Å². The third kappa shape index (κ3) is 16.5. The van der Waals surface area contributed by atoms with Crippen LogP contribution in [0.3, 0.4) is 0 Å². The van der Waals surface area contributed by atoms with Crippen LogP contribution < -0.4 is 51.4 Å². The first-order valence-corrected chi connectivity index (χ1v) is 7.69. The Hall–Kier alpha value is 0.316. The van der Waals surface area contributed by atoms with Crippen molar-refractivity contribution in [3.8, 4) is 0 Å². The number of carboxylic acids is 2. The second-order valence-electron chi connectivity index (χ2n) is 5.23. The Morgan fingerprint density at radius 2 is 1.52 bits per heavy atom. The zero-order chi connectivity index (χ0) is 15.2. The van der Waals surface area contributed by atoms with Gasteiger partial charge in [-0.15, -0.1) is 0 Å². The SMILES string of the molecule is CCCCCCCCCCC=CC(CC(=O)O)C(=O)O.[H-].[K+]. The molecule has 0 heterocycles. The van der Waals surface area contributed by atoms with Crippen molar-refractivity contribution < 1.29 is 72.6 Å². The Kier molecular flexibility index (Phi) is 18.7. The van der Waals surface area contributed by atoms with Crippen molar-refractivity contribution in [3.63, 3.8) is 0 Å². The summed E-state index contributed by atoms with van der Waals surface area (Å²) in [6.45, 7) is 2.21. The van der Waals surface area contributed by atoms with Gasteiger partial charge in [0.15, 0.2) is 0 Å². The van der Waals surface area contributed by atoms with Crippen molar-refractivity contribution in [1.29, 1.82) is 0 Å². The Bertz CT molecular complexity index is 309. The van der Waals surface area contributed by atoms with E-state index < -0.39 is 17.9 Å². The van der Waals surface area contributed by atoms with Gasteiger partial charge < -0.3 is 11.6 Å². The maximum atomic E-state index is 10.8. The molecule has 0 amide bonds. The third-order valence-electron chi connectivity index (χ3n) is 3.30. The van der Waals surface area contributed by atoms with Crippen LogP contribution in [0.5, 0.6) is 0 Å². The van der Waals surface area contributed by atoms with Crippen molar-refractivity contribution in [2.24, 2.45) is 5.92 Å². The predicted molar refractivity (Wildman–Crippen MR) is 80.9 cm³/mol. The van der Waals surface area contributed by atoms with Crippen molar-refractivity contribution in [3.05, 3.63) is 12.2 Å². The minimum absolute atomic E-state index is 0. The van der Waals surface area contributed by atoms with Crippen LogP contribution in [0.2, 0.25) is 0 Å². The van der Waals surface area contributed by atoms with Gasteiger partial charge in [0.05, 0.1) is 12.3 Å². The third-order valence-corrected chi connectivity index (χ3v) is 3.30. The minimum atomic E-state index is -1.07. The predicted octanol–water partition coefficient (Wildman–Crippen LogP) is 1.37. The first-order chi connectivity index (χ1) is 9.57. The summed E-state index contributed by atoms with van der Waals surface area (Å²) in [5.74, 6) is -3.05. The van der Waals surface area contributed by atoms with Gasteiger partial charge in [-0.25, -0.2) is 0 Å². The van der Waals surface area contributed by atoms with E-state index in [0.717, 1.165) is 19.3 Å². The van der Waals surface area contributed by atoms with Crippen LogP contribution in [-0.2, 0) is 9.59 Å². The number of aliphatic carboxylic acids is 2. The fraction of sp³-hybridized carbons (Fsp3) is 0.750. The fourth-order valence-electron chi connectivity index (χ4n) is 2.08. The van der Waals surface area contributed by atoms with Gasteiger partial charge in [0.1, 0.15) is 0 Å². The first-order valence-electron chi connectivity index (χ1n) is 7.69. The Labute approximate surface area is 172 Å². The van der Waals surface area contributed by atoms with Gasteiger partial charge in [-0.3, -0.25) is 9.59 Å². The number of allylic oxidation sites excluding steroid dienone is 1. The van der Waals surface area contributed by atoms with Crippen LogP contribution in [0.25, 0.3) is 0 Å². The maximum Gasteiger partial charge on any atom is 1.00 e. The Balaban J connectivity index is -0.00000180. The van der Waals surface area contributed by atoms with Crippen LogP contribution in [0.1, 0.15) is 72.6 Å². The molecule has 1 unspecified atom stereocenters. The van der Waals surface area contributed by atoms with E-state index in [1.54, 1.807) is 6.08 Å². The van der Waals surface area contributed by atoms with Gasteiger partial charge >= 0.3 is 63.3 Å². The molecule has 118 valence electrons. The maximum absolute atomic E-state index is 10.8. The first kappa shape index (κ1) is 23.6. The van der Waals surface area contributed by atoms with Gasteiger partial charge in [0.2, 0.25) is 0 Å². The van der Waals surface area contributed by atoms with Gasteiger partial charge in [0, 0.05) is 0 Å². The van der Waals surface area contributed by atoms with Crippen LogP contribution in [0.15, 0.2) is 12.2 Å². The van der Waals surface area contributed by atoms with Crippen molar-refractivity contribution in [2.75, 3.05) is 0 Å². The quantitative estimate of drug-likeness (QED) is 0.305. The molecule has 0 saturated heterocycles. The monoisotopic (exact) mass is 324 g/mol. The molecular weight excluding hydrogens is 295 g/mol. The summed E-state index contributed by atoms with van der Waals surface area (Å²) in [7, 11) is 0. The zero-order valence-corrected chi connectivity index (χ0v) is 16.6. The smallest absolute Gasteiger partial charge is 1.00 e. The summed E-state index contributed by atoms with van der Waals surface area (Å²) in [5.41, 5.74) is 0. The van der Waals surface area contributed by atoms with E-state index >= 15 is 0 Å². The number of hydrogen-bond donors (Lipinski definition) is 2. The average molecular weight is 325 g/mol. The van der Waals surface area contributed by atoms with E-state index in [2.05, 4.69) is 6.92 Å². The van der Waals surface area contributed by atoms with E-state index in [0.29, 0.717) is 0 Å². The van der Waals surface area contributed by atoms with Crippen molar-refractivity contribution >= 4 is 11.9 Å². The number of carbonyl (C=O) groups is 2. The molecule has 21 heavy (non-hydrogen) atoms. The molecule has 0 aromatic carbocycles. The van der Waals surface area contributed by atoms with E-state index in [1.165, 1.54) is 44.6 Å². The molecule has 0 aromatic rings. The van der Waals surface area contributed by atoms with Crippen LogP contribution in [-0.4, -0.2) is 22.2 Å². The number of carboxylic acid groups (broad SMARTS) is 2. The number of rotatable bonds is 13. The van der Waals surface area contributed by atoms with Crippen LogP contribution >= 0.6 is 0 Å². The number of hydrogen-bond acceptors (Lipinski definition) is 2. The normalized spacial score (nSPS) is 12.0. The fourth-order valence-corrected chi connectivity index (χ4v) is 2.08. The molecule has 0 rings (SSSR count). The van der Waals surface area contributed by atoms with E-state index in [9.17, 15) is 9.59 Å². The number of unbranched alkanes of at least 4 members (excludes halogenated alkanes) is 8. The van der Waals surface area contributed by atoms with Crippen molar-refractivity contribution in [2.45, 2.75) is 71.1 Å². The molecular formula is C16H29KO4. The molecule has 0 aliphatic heterocycles. The Morgan fingerprint density at radius 1 is 1.00 bits per heavy atom. The second-order valence-corrected chi connectivity index (χ2v) is 5.23. The average Bonchev–Trinajstić information content (AvgIpc) is 2.39. The topological polar surface area (TPSA) is 74.6 Å². The van der Waals surface area contributed by atoms with Gasteiger partial charge in [-0.05, 0) is 12.8 Å².